The number of aryl methyl sites for hydroxylation is 1. The molecule has 0 bridgehead atoms. The number of ether oxygens (including phenoxy) is 1. The number of halogens is 2. The lowest BCUT2D eigenvalue weighted by Crippen LogP contribution is -2.37. The standard InChI is InChI=1S/C20H30FN5OS.HI/c1-15-19(16(2)26(25-15)11-12-27-4)14-24-20(22-3)23-10-5-13-28-18-8-6-17(21)7-9-18;/h6-9H,5,10-14H2,1-4H3,(H2,22,23,24);1H. The molecule has 0 amide bonds. The van der Waals surface area contributed by atoms with Crippen LogP contribution in [0.25, 0.3) is 0 Å². The average molecular weight is 535 g/mol. The van der Waals surface area contributed by atoms with Crippen LogP contribution in [0, 0.1) is 19.7 Å². The molecule has 6 nitrogen and oxygen atoms in total. The first-order valence-electron chi connectivity index (χ1n) is 9.39. The summed E-state index contributed by atoms with van der Waals surface area (Å²) < 4.78 is 20.0. The number of aliphatic imine (C=N–C) groups is 1. The fraction of sp³-hybridized carbons (Fsp3) is 0.500. The summed E-state index contributed by atoms with van der Waals surface area (Å²) in [7, 11) is 3.46. The lowest BCUT2D eigenvalue weighted by atomic mass is 10.2. The van der Waals surface area contributed by atoms with Crippen LogP contribution in [0.4, 0.5) is 4.39 Å². The molecule has 29 heavy (non-hydrogen) atoms. The number of benzene rings is 1. The van der Waals surface area contributed by atoms with Crippen LogP contribution in [-0.2, 0) is 17.8 Å². The van der Waals surface area contributed by atoms with Crippen molar-refractivity contribution in [3.8, 4) is 0 Å². The zero-order valence-electron chi connectivity index (χ0n) is 17.5. The van der Waals surface area contributed by atoms with Gasteiger partial charge in [0.1, 0.15) is 5.82 Å². The van der Waals surface area contributed by atoms with Gasteiger partial charge in [-0.05, 0) is 50.3 Å². The second-order valence-electron chi connectivity index (χ2n) is 6.37. The Morgan fingerprint density at radius 2 is 1.97 bits per heavy atom. The fourth-order valence-corrected chi connectivity index (χ4v) is 3.63. The van der Waals surface area contributed by atoms with E-state index in [-0.39, 0.29) is 29.8 Å². The quantitative estimate of drug-likeness (QED) is 0.160. The van der Waals surface area contributed by atoms with Gasteiger partial charge in [0.25, 0.3) is 0 Å². The second-order valence-corrected chi connectivity index (χ2v) is 7.54. The molecule has 0 atom stereocenters. The van der Waals surface area contributed by atoms with E-state index in [2.05, 4.69) is 27.6 Å². The van der Waals surface area contributed by atoms with E-state index in [9.17, 15) is 4.39 Å². The maximum Gasteiger partial charge on any atom is 0.191 e. The second kappa shape index (κ2) is 13.8. The van der Waals surface area contributed by atoms with Crippen LogP contribution in [0.5, 0.6) is 0 Å². The van der Waals surface area contributed by atoms with Gasteiger partial charge in [-0.3, -0.25) is 9.67 Å². The van der Waals surface area contributed by atoms with Crippen molar-refractivity contribution in [2.24, 2.45) is 4.99 Å². The summed E-state index contributed by atoms with van der Waals surface area (Å²) in [6.07, 6.45) is 0.982. The van der Waals surface area contributed by atoms with Gasteiger partial charge < -0.3 is 15.4 Å². The summed E-state index contributed by atoms with van der Waals surface area (Å²) in [6.45, 7) is 7.00. The molecule has 2 aromatic rings. The molecule has 2 N–H and O–H groups in total. The topological polar surface area (TPSA) is 63.5 Å². The largest absolute Gasteiger partial charge is 0.383 e. The van der Waals surface area contributed by atoms with E-state index in [1.807, 2.05) is 23.7 Å². The molecule has 0 aliphatic rings. The summed E-state index contributed by atoms with van der Waals surface area (Å²) >= 11 is 1.72. The van der Waals surface area contributed by atoms with Crippen LogP contribution in [0.15, 0.2) is 34.2 Å². The SMILES string of the molecule is CN=C(NCCCSc1ccc(F)cc1)NCc1c(C)nn(CCOC)c1C.I. The normalized spacial score (nSPS) is 11.3. The minimum absolute atomic E-state index is 0. The van der Waals surface area contributed by atoms with E-state index >= 15 is 0 Å². The van der Waals surface area contributed by atoms with E-state index in [0.717, 1.165) is 47.5 Å². The zero-order valence-corrected chi connectivity index (χ0v) is 20.6. The van der Waals surface area contributed by atoms with Crippen molar-refractivity contribution < 1.29 is 9.13 Å². The van der Waals surface area contributed by atoms with Crippen LogP contribution in [0.3, 0.4) is 0 Å². The molecule has 1 aromatic heterocycles. The predicted octanol–water partition coefficient (Wildman–Crippen LogP) is 3.75. The predicted molar refractivity (Wildman–Crippen MR) is 129 cm³/mol. The Balaban J connectivity index is 0.00000420. The zero-order chi connectivity index (χ0) is 20.4. The molecule has 0 saturated heterocycles. The summed E-state index contributed by atoms with van der Waals surface area (Å²) in [4.78, 5) is 5.37. The van der Waals surface area contributed by atoms with Crippen molar-refractivity contribution >= 4 is 41.7 Å². The number of nitrogens with one attached hydrogen (secondary N) is 2. The number of hydrogen-bond donors (Lipinski definition) is 2. The van der Waals surface area contributed by atoms with Crippen molar-refractivity contribution in [3.05, 3.63) is 47.0 Å². The molecule has 0 radical (unpaired) electrons. The highest BCUT2D eigenvalue weighted by atomic mass is 127. The third-order valence-electron chi connectivity index (χ3n) is 4.39. The molecule has 0 spiro atoms. The van der Waals surface area contributed by atoms with Crippen LogP contribution in [0.2, 0.25) is 0 Å². The lowest BCUT2D eigenvalue weighted by Gasteiger charge is -2.12. The maximum absolute atomic E-state index is 12.9. The molecular weight excluding hydrogens is 504 g/mol. The van der Waals surface area contributed by atoms with Crippen molar-refractivity contribution in [2.45, 2.75) is 38.3 Å². The van der Waals surface area contributed by atoms with Gasteiger partial charge in [0, 0.05) is 43.4 Å². The van der Waals surface area contributed by atoms with Gasteiger partial charge >= 0.3 is 0 Å². The first-order valence-corrected chi connectivity index (χ1v) is 10.4. The third kappa shape index (κ3) is 8.51. The summed E-state index contributed by atoms with van der Waals surface area (Å²) in [5.74, 6) is 1.53. The minimum atomic E-state index is -0.199. The molecule has 0 aliphatic carbocycles. The molecule has 0 fully saturated rings. The number of rotatable bonds is 10. The van der Waals surface area contributed by atoms with Gasteiger partial charge in [-0.1, -0.05) is 0 Å². The first-order chi connectivity index (χ1) is 13.5. The molecule has 9 heteroatoms. The summed E-state index contributed by atoms with van der Waals surface area (Å²) in [5.41, 5.74) is 3.35. The highest BCUT2D eigenvalue weighted by Crippen LogP contribution is 2.18. The molecule has 162 valence electrons. The summed E-state index contributed by atoms with van der Waals surface area (Å²) in [6, 6.07) is 6.61. The van der Waals surface area contributed by atoms with Gasteiger partial charge in [0.15, 0.2) is 5.96 Å². The monoisotopic (exact) mass is 535 g/mol. The Bertz CT molecular complexity index is 767. The number of methoxy groups -OCH3 is 1. The van der Waals surface area contributed by atoms with Crippen molar-refractivity contribution in [3.63, 3.8) is 0 Å². The van der Waals surface area contributed by atoms with Crippen LogP contribution >= 0.6 is 35.7 Å². The van der Waals surface area contributed by atoms with Gasteiger partial charge in [-0.2, -0.15) is 5.10 Å². The summed E-state index contributed by atoms with van der Waals surface area (Å²) in [5, 5.41) is 11.3. The van der Waals surface area contributed by atoms with Crippen molar-refractivity contribution in [2.75, 3.05) is 33.1 Å². The number of aromatic nitrogens is 2. The number of guanidine groups is 1. The fourth-order valence-electron chi connectivity index (χ4n) is 2.78. The number of nitrogens with zero attached hydrogens (tertiary/aromatic N) is 3. The van der Waals surface area contributed by atoms with Crippen LogP contribution in [-0.4, -0.2) is 48.8 Å². The van der Waals surface area contributed by atoms with Gasteiger partial charge in [-0.25, -0.2) is 4.39 Å². The van der Waals surface area contributed by atoms with Crippen LogP contribution in [0.1, 0.15) is 23.4 Å². The highest BCUT2D eigenvalue weighted by molar-refractivity contribution is 14.0. The smallest absolute Gasteiger partial charge is 0.191 e. The average Bonchev–Trinajstić information content (AvgIpc) is 2.97. The van der Waals surface area contributed by atoms with Crippen LogP contribution < -0.4 is 10.6 Å². The van der Waals surface area contributed by atoms with Crippen molar-refractivity contribution in [1.82, 2.24) is 20.4 Å². The number of thioether (sulfide) groups is 1. The van der Waals surface area contributed by atoms with E-state index in [1.54, 1.807) is 25.9 Å². The molecule has 0 aliphatic heterocycles. The molecule has 1 aromatic carbocycles. The minimum Gasteiger partial charge on any atom is -0.383 e. The van der Waals surface area contributed by atoms with Gasteiger partial charge in [0.05, 0.1) is 18.8 Å². The third-order valence-corrected chi connectivity index (χ3v) is 5.49. The van der Waals surface area contributed by atoms with E-state index < -0.39 is 0 Å². The Hall–Kier alpha value is -1.33. The molecule has 0 unspecified atom stereocenters. The Kier molecular flexibility index (Phi) is 12.2. The Labute approximate surface area is 194 Å². The van der Waals surface area contributed by atoms with E-state index in [4.69, 9.17) is 4.74 Å². The molecule has 2 rings (SSSR count). The molecule has 1 heterocycles. The van der Waals surface area contributed by atoms with Gasteiger partial charge in [-0.15, -0.1) is 35.7 Å². The van der Waals surface area contributed by atoms with E-state index in [0.29, 0.717) is 13.2 Å². The first kappa shape index (κ1) is 25.7. The molecule has 0 saturated carbocycles. The Morgan fingerprint density at radius 3 is 2.62 bits per heavy atom. The van der Waals surface area contributed by atoms with Crippen molar-refractivity contribution in [1.29, 1.82) is 0 Å². The Morgan fingerprint density at radius 1 is 1.24 bits per heavy atom. The number of hydrogen-bond acceptors (Lipinski definition) is 4. The lowest BCUT2D eigenvalue weighted by molar-refractivity contribution is 0.182. The maximum atomic E-state index is 12.9. The molecular formula is C20H31FIN5OS. The van der Waals surface area contributed by atoms with Gasteiger partial charge in [0.2, 0.25) is 0 Å². The highest BCUT2D eigenvalue weighted by Gasteiger charge is 2.11. The van der Waals surface area contributed by atoms with E-state index in [1.165, 1.54) is 17.7 Å².